The van der Waals surface area contributed by atoms with Gasteiger partial charge in [-0.05, 0) is 75.9 Å². The normalized spacial score (nSPS) is 16.0. The fourth-order valence-corrected chi connectivity index (χ4v) is 6.05. The summed E-state index contributed by atoms with van der Waals surface area (Å²) in [5, 5.41) is 4.09. The molecule has 0 spiro atoms. The molecule has 9 nitrogen and oxygen atoms in total. The minimum Gasteiger partial charge on any atom is -0.312 e. The quantitative estimate of drug-likeness (QED) is 0.550. The molecule has 0 radical (unpaired) electrons. The Labute approximate surface area is 227 Å². The first-order valence-corrected chi connectivity index (χ1v) is 15.2. The second kappa shape index (κ2) is 13.4. The number of nitrogens with zero attached hydrogens (tertiary/aromatic N) is 4. The molecular formula is C28H43N5O4S. The van der Waals surface area contributed by atoms with Gasteiger partial charge in [0.2, 0.25) is 5.91 Å². The van der Waals surface area contributed by atoms with Crippen LogP contribution in [0, 0.1) is 12.8 Å². The number of carbonyl (C=O) groups is 2. The van der Waals surface area contributed by atoms with Gasteiger partial charge in [0, 0.05) is 37.8 Å². The number of aryl methyl sites for hydroxylation is 1. The van der Waals surface area contributed by atoms with Gasteiger partial charge >= 0.3 is 0 Å². The van der Waals surface area contributed by atoms with Crippen molar-refractivity contribution < 1.29 is 18.0 Å². The molecule has 3 rings (SSSR count). The highest BCUT2D eigenvalue weighted by atomic mass is 32.2. The number of carbonyl (C=O) groups excluding carboxylic acids is 2. The van der Waals surface area contributed by atoms with Crippen LogP contribution >= 0.6 is 0 Å². The average Bonchev–Trinajstić information content (AvgIpc) is 3.24. The van der Waals surface area contributed by atoms with Crippen molar-refractivity contribution in [3.8, 4) is 0 Å². The van der Waals surface area contributed by atoms with Crippen molar-refractivity contribution in [2.45, 2.75) is 91.1 Å². The molecule has 1 aliphatic rings. The van der Waals surface area contributed by atoms with E-state index in [0.29, 0.717) is 31.2 Å². The number of anilines is 1. The van der Waals surface area contributed by atoms with Crippen molar-refractivity contribution >= 4 is 27.5 Å². The molecule has 2 amide bonds. The summed E-state index contributed by atoms with van der Waals surface area (Å²) in [6.45, 7) is 13.1. The zero-order valence-electron chi connectivity index (χ0n) is 23.5. The van der Waals surface area contributed by atoms with Gasteiger partial charge < -0.3 is 4.90 Å². The first kappa shape index (κ1) is 29.8. The molecule has 1 aromatic carbocycles. The van der Waals surface area contributed by atoms with Gasteiger partial charge in [-0.2, -0.15) is 5.10 Å². The Balaban J connectivity index is 1.96. The van der Waals surface area contributed by atoms with Crippen molar-refractivity contribution in [2.24, 2.45) is 5.92 Å². The van der Waals surface area contributed by atoms with E-state index < -0.39 is 15.9 Å². The Bertz CT molecular complexity index is 1220. The van der Waals surface area contributed by atoms with Crippen LogP contribution in [0.15, 0.2) is 29.3 Å². The summed E-state index contributed by atoms with van der Waals surface area (Å²) >= 11 is 0. The molecule has 10 heteroatoms. The Morgan fingerprint density at radius 3 is 2.39 bits per heavy atom. The van der Waals surface area contributed by atoms with E-state index in [2.05, 4.69) is 28.6 Å². The van der Waals surface area contributed by atoms with Crippen LogP contribution in [0.2, 0.25) is 0 Å². The maximum Gasteiger partial charge on any atom is 0.267 e. The highest BCUT2D eigenvalue weighted by Gasteiger charge is 2.25. The van der Waals surface area contributed by atoms with Crippen molar-refractivity contribution in [3.63, 3.8) is 0 Å². The number of fused-ring (bicyclic) bond motifs is 1. The van der Waals surface area contributed by atoms with Crippen LogP contribution in [-0.4, -0.2) is 54.5 Å². The third-order valence-electron chi connectivity index (χ3n) is 7.16. The first-order valence-electron chi connectivity index (χ1n) is 13.8. The Morgan fingerprint density at radius 2 is 1.76 bits per heavy atom. The van der Waals surface area contributed by atoms with Gasteiger partial charge in [0.25, 0.3) is 15.9 Å². The third-order valence-corrected chi connectivity index (χ3v) is 8.59. The summed E-state index contributed by atoms with van der Waals surface area (Å²) in [7, 11) is -4.09. The van der Waals surface area contributed by atoms with Crippen LogP contribution in [0.4, 0.5) is 5.69 Å². The van der Waals surface area contributed by atoms with E-state index in [9.17, 15) is 18.0 Å². The molecule has 38 heavy (non-hydrogen) atoms. The average molecular weight is 546 g/mol. The summed E-state index contributed by atoms with van der Waals surface area (Å²) < 4.78 is 29.8. The molecule has 2 heterocycles. The van der Waals surface area contributed by atoms with E-state index >= 15 is 0 Å². The van der Waals surface area contributed by atoms with Crippen molar-refractivity contribution in [3.05, 3.63) is 41.2 Å². The van der Waals surface area contributed by atoms with Crippen LogP contribution in [0.3, 0.4) is 0 Å². The highest BCUT2D eigenvalue weighted by molar-refractivity contribution is 7.90. The minimum absolute atomic E-state index is 0.0124. The standard InChI is InChI=1S/C28H43N5O4S/c1-6-33-22(4)27(19-29-33)38(36,37)30-28(35)24-12-13-26-25(18-24)20-31(17-14-21(2)3)15-10-8-7-9-11-16-32(26)23(5)34/h12-13,18-19,21H,6-11,14-17,20H2,1-5H3,(H,30,35). The lowest BCUT2D eigenvalue weighted by Gasteiger charge is -2.29. The second-order valence-corrected chi connectivity index (χ2v) is 12.2. The summed E-state index contributed by atoms with van der Waals surface area (Å²) in [5.74, 6) is -0.182. The minimum atomic E-state index is -4.09. The van der Waals surface area contributed by atoms with Crippen molar-refractivity contribution in [2.75, 3.05) is 24.5 Å². The molecule has 1 N–H and O–H groups in total. The monoisotopic (exact) mass is 545 g/mol. The SMILES string of the molecule is CCn1ncc(S(=O)(=O)NC(=O)c2ccc3c(c2)CN(CCC(C)C)CCCCCCCN3C(C)=O)c1C. The third kappa shape index (κ3) is 7.66. The predicted octanol–water partition coefficient (Wildman–Crippen LogP) is 4.50. The van der Waals surface area contributed by atoms with Gasteiger partial charge in [-0.1, -0.05) is 33.1 Å². The lowest BCUT2D eigenvalue weighted by molar-refractivity contribution is -0.116. The summed E-state index contributed by atoms with van der Waals surface area (Å²) in [4.78, 5) is 30.0. The van der Waals surface area contributed by atoms with Crippen LogP contribution < -0.4 is 9.62 Å². The van der Waals surface area contributed by atoms with Crippen molar-refractivity contribution in [1.29, 1.82) is 0 Å². The molecule has 0 atom stereocenters. The van der Waals surface area contributed by atoms with Gasteiger partial charge in [0.15, 0.2) is 0 Å². The van der Waals surface area contributed by atoms with E-state index in [-0.39, 0.29) is 16.4 Å². The van der Waals surface area contributed by atoms with E-state index in [1.807, 2.05) is 6.92 Å². The topological polar surface area (TPSA) is 105 Å². The predicted molar refractivity (Wildman–Crippen MR) is 150 cm³/mol. The van der Waals surface area contributed by atoms with E-state index in [0.717, 1.165) is 62.9 Å². The molecule has 210 valence electrons. The number of amides is 2. The molecule has 0 saturated carbocycles. The smallest absolute Gasteiger partial charge is 0.267 e. The highest BCUT2D eigenvalue weighted by Crippen LogP contribution is 2.27. The zero-order valence-corrected chi connectivity index (χ0v) is 24.3. The lowest BCUT2D eigenvalue weighted by Crippen LogP contribution is -2.34. The van der Waals surface area contributed by atoms with E-state index in [1.165, 1.54) is 6.20 Å². The molecular weight excluding hydrogens is 502 g/mol. The number of sulfonamides is 1. The molecule has 1 aliphatic heterocycles. The maximum atomic E-state index is 13.2. The number of hydrogen-bond donors (Lipinski definition) is 1. The molecule has 0 bridgehead atoms. The van der Waals surface area contributed by atoms with Crippen LogP contribution in [0.1, 0.15) is 87.8 Å². The Morgan fingerprint density at radius 1 is 1.08 bits per heavy atom. The first-order chi connectivity index (χ1) is 18.0. The van der Waals surface area contributed by atoms with Gasteiger partial charge in [-0.25, -0.2) is 13.1 Å². The van der Waals surface area contributed by atoms with Crippen LogP contribution in [-0.2, 0) is 27.9 Å². The second-order valence-electron chi connectivity index (χ2n) is 10.6. The number of rotatable bonds is 7. The van der Waals surface area contributed by atoms with Gasteiger partial charge in [0.1, 0.15) is 4.90 Å². The number of hydrogen-bond acceptors (Lipinski definition) is 6. The molecule has 0 fully saturated rings. The molecule has 0 aliphatic carbocycles. The Kier molecular flexibility index (Phi) is 10.5. The van der Waals surface area contributed by atoms with E-state index in [4.69, 9.17) is 0 Å². The van der Waals surface area contributed by atoms with Gasteiger partial charge in [0.05, 0.1) is 11.9 Å². The Hall–Kier alpha value is -2.72. The van der Waals surface area contributed by atoms with Gasteiger partial charge in [-0.15, -0.1) is 0 Å². The van der Waals surface area contributed by atoms with Crippen LogP contribution in [0.5, 0.6) is 0 Å². The molecule has 0 unspecified atom stereocenters. The maximum absolute atomic E-state index is 13.2. The summed E-state index contributed by atoms with van der Waals surface area (Å²) in [6.07, 6.45) is 7.71. The summed E-state index contributed by atoms with van der Waals surface area (Å²) in [6, 6.07) is 5.13. The van der Waals surface area contributed by atoms with Gasteiger partial charge in [-0.3, -0.25) is 19.2 Å². The fourth-order valence-electron chi connectivity index (χ4n) is 4.90. The number of benzene rings is 1. The fraction of sp³-hybridized carbons (Fsp3) is 0.607. The zero-order chi connectivity index (χ0) is 27.9. The largest absolute Gasteiger partial charge is 0.312 e. The number of aromatic nitrogens is 2. The molecule has 1 aromatic heterocycles. The van der Waals surface area contributed by atoms with Crippen molar-refractivity contribution in [1.82, 2.24) is 19.4 Å². The van der Waals surface area contributed by atoms with Crippen LogP contribution in [0.25, 0.3) is 0 Å². The lowest BCUT2D eigenvalue weighted by atomic mass is 10.0. The molecule has 0 saturated heterocycles. The number of nitrogens with one attached hydrogen (secondary N) is 1. The molecule has 2 aromatic rings. The van der Waals surface area contributed by atoms with E-state index in [1.54, 1.807) is 41.6 Å². The summed E-state index contributed by atoms with van der Waals surface area (Å²) in [5.41, 5.74) is 2.35.